The quantitative estimate of drug-likeness (QED) is 0.547. The van der Waals surface area contributed by atoms with Crippen molar-refractivity contribution in [1.29, 1.82) is 0 Å². The molecule has 4 rings (SSSR count). The number of amides is 1. The lowest BCUT2D eigenvalue weighted by Crippen LogP contribution is -2.31. The number of benzene rings is 1. The molecule has 0 aliphatic rings. The first kappa shape index (κ1) is 18.8. The van der Waals surface area contributed by atoms with Crippen molar-refractivity contribution < 1.29 is 4.79 Å². The Bertz CT molecular complexity index is 1140. The molecular weight excluding hydrogens is 366 g/mol. The van der Waals surface area contributed by atoms with Crippen LogP contribution < -0.4 is 5.32 Å². The van der Waals surface area contributed by atoms with E-state index in [0.29, 0.717) is 23.6 Å². The second kappa shape index (κ2) is 7.84. The lowest BCUT2D eigenvalue weighted by Gasteiger charge is -2.09. The maximum Gasteiger partial charge on any atom is 0.272 e. The minimum Gasteiger partial charge on any atom is -0.349 e. The second-order valence-electron chi connectivity index (χ2n) is 7.14. The predicted molar refractivity (Wildman–Crippen MR) is 111 cm³/mol. The van der Waals surface area contributed by atoms with Crippen molar-refractivity contribution in [3.63, 3.8) is 0 Å². The van der Waals surface area contributed by atoms with Gasteiger partial charge in [0, 0.05) is 25.5 Å². The predicted octanol–water partition coefficient (Wildman–Crippen LogP) is 2.18. The van der Waals surface area contributed by atoms with Crippen molar-refractivity contribution in [2.45, 2.75) is 6.92 Å². The van der Waals surface area contributed by atoms with Crippen molar-refractivity contribution in [2.75, 3.05) is 27.2 Å². The molecule has 0 atom stereocenters. The third-order valence-corrected chi connectivity index (χ3v) is 4.66. The van der Waals surface area contributed by atoms with Crippen LogP contribution in [0.5, 0.6) is 0 Å². The Labute approximate surface area is 168 Å². The largest absolute Gasteiger partial charge is 0.349 e. The average molecular weight is 389 g/mol. The minimum atomic E-state index is -0.218. The summed E-state index contributed by atoms with van der Waals surface area (Å²) >= 11 is 0. The van der Waals surface area contributed by atoms with E-state index in [9.17, 15) is 4.79 Å². The van der Waals surface area contributed by atoms with Gasteiger partial charge in [-0.1, -0.05) is 17.7 Å². The second-order valence-corrected chi connectivity index (χ2v) is 7.14. The van der Waals surface area contributed by atoms with Gasteiger partial charge >= 0.3 is 0 Å². The number of nitrogens with zero attached hydrogens (tertiary/aromatic N) is 6. The topological polar surface area (TPSA) is 80.3 Å². The van der Waals surface area contributed by atoms with E-state index in [2.05, 4.69) is 20.4 Å². The molecule has 3 heterocycles. The van der Waals surface area contributed by atoms with Gasteiger partial charge in [0.1, 0.15) is 5.69 Å². The first-order valence-electron chi connectivity index (χ1n) is 9.41. The SMILES string of the molecule is Cc1ccc(-n2nccc2-c2nc(C(=O)NCCN(C)C)c3cnccn23)cc1. The maximum absolute atomic E-state index is 12.8. The average Bonchev–Trinajstić information content (AvgIpc) is 3.33. The molecule has 0 fully saturated rings. The van der Waals surface area contributed by atoms with Crippen LogP contribution in [-0.4, -0.2) is 62.1 Å². The molecule has 1 aromatic carbocycles. The van der Waals surface area contributed by atoms with Gasteiger partial charge in [0.15, 0.2) is 11.5 Å². The third kappa shape index (κ3) is 3.74. The number of carbonyl (C=O) groups is 1. The highest BCUT2D eigenvalue weighted by atomic mass is 16.1. The summed E-state index contributed by atoms with van der Waals surface area (Å²) < 4.78 is 3.69. The fourth-order valence-electron chi connectivity index (χ4n) is 3.13. The van der Waals surface area contributed by atoms with Gasteiger partial charge in [-0.05, 0) is 39.2 Å². The lowest BCUT2D eigenvalue weighted by atomic mass is 10.2. The Balaban J connectivity index is 1.76. The highest BCUT2D eigenvalue weighted by Gasteiger charge is 2.21. The molecule has 0 spiro atoms. The fourth-order valence-corrected chi connectivity index (χ4v) is 3.13. The Kier molecular flexibility index (Phi) is 5.09. The highest BCUT2D eigenvalue weighted by Crippen LogP contribution is 2.24. The van der Waals surface area contributed by atoms with Gasteiger partial charge < -0.3 is 10.2 Å². The van der Waals surface area contributed by atoms with Gasteiger partial charge in [0.2, 0.25) is 0 Å². The molecule has 0 aliphatic carbocycles. The van der Waals surface area contributed by atoms with Crippen molar-refractivity contribution in [2.24, 2.45) is 0 Å². The first-order valence-corrected chi connectivity index (χ1v) is 9.41. The molecule has 148 valence electrons. The fraction of sp³-hybridized carbons (Fsp3) is 0.238. The van der Waals surface area contributed by atoms with Gasteiger partial charge in [0.05, 0.1) is 23.6 Å². The van der Waals surface area contributed by atoms with E-state index in [-0.39, 0.29) is 5.91 Å². The number of aromatic nitrogens is 5. The Morgan fingerprint density at radius 1 is 1.14 bits per heavy atom. The van der Waals surface area contributed by atoms with Crippen molar-refractivity contribution in [3.05, 3.63) is 66.4 Å². The van der Waals surface area contributed by atoms with Crippen LogP contribution in [0.2, 0.25) is 0 Å². The molecule has 29 heavy (non-hydrogen) atoms. The Morgan fingerprint density at radius 2 is 1.93 bits per heavy atom. The molecule has 0 saturated heterocycles. The molecule has 0 saturated carbocycles. The summed E-state index contributed by atoms with van der Waals surface area (Å²) in [5, 5.41) is 7.39. The van der Waals surface area contributed by atoms with E-state index >= 15 is 0 Å². The van der Waals surface area contributed by atoms with E-state index in [1.165, 1.54) is 5.56 Å². The number of hydrogen-bond donors (Lipinski definition) is 1. The molecule has 1 amide bonds. The number of hydrogen-bond acceptors (Lipinski definition) is 5. The molecule has 1 N–H and O–H groups in total. The summed E-state index contributed by atoms with van der Waals surface area (Å²) in [4.78, 5) is 23.6. The molecule has 4 aromatic rings. The molecule has 0 aliphatic heterocycles. The van der Waals surface area contributed by atoms with Crippen LogP contribution in [-0.2, 0) is 0 Å². The zero-order chi connectivity index (χ0) is 20.4. The molecule has 8 heteroatoms. The van der Waals surface area contributed by atoms with Gasteiger partial charge in [0.25, 0.3) is 5.91 Å². The van der Waals surface area contributed by atoms with Crippen molar-refractivity contribution >= 4 is 11.4 Å². The number of imidazole rings is 1. The monoisotopic (exact) mass is 389 g/mol. The van der Waals surface area contributed by atoms with E-state index in [1.807, 2.05) is 65.3 Å². The van der Waals surface area contributed by atoms with Crippen LogP contribution in [0.25, 0.3) is 22.7 Å². The number of nitrogens with one attached hydrogen (secondary N) is 1. The van der Waals surface area contributed by atoms with Gasteiger partial charge in [-0.25, -0.2) is 9.67 Å². The summed E-state index contributed by atoms with van der Waals surface area (Å²) in [5.74, 6) is 0.420. The molecule has 8 nitrogen and oxygen atoms in total. The molecule has 0 bridgehead atoms. The van der Waals surface area contributed by atoms with Gasteiger partial charge in [-0.3, -0.25) is 14.2 Å². The van der Waals surface area contributed by atoms with E-state index < -0.39 is 0 Å². The summed E-state index contributed by atoms with van der Waals surface area (Å²) in [6.07, 6.45) is 6.87. The van der Waals surface area contributed by atoms with Crippen molar-refractivity contribution in [1.82, 2.24) is 34.4 Å². The van der Waals surface area contributed by atoms with Crippen LogP contribution in [0.4, 0.5) is 0 Å². The number of aryl methyl sites for hydroxylation is 1. The zero-order valence-corrected chi connectivity index (χ0v) is 16.7. The van der Waals surface area contributed by atoms with Crippen LogP contribution in [0, 0.1) is 6.92 Å². The summed E-state index contributed by atoms with van der Waals surface area (Å²) in [7, 11) is 3.93. The highest BCUT2D eigenvalue weighted by molar-refractivity contribution is 5.99. The molecule has 0 radical (unpaired) electrons. The van der Waals surface area contributed by atoms with E-state index in [4.69, 9.17) is 0 Å². The standard InChI is InChI=1S/C21H23N7O/c1-15-4-6-16(7-5-15)28-17(8-9-24-28)20-25-19(18-14-22-10-13-27(18)20)21(29)23-11-12-26(2)3/h4-10,13-14H,11-12H2,1-3H3,(H,23,29). The summed E-state index contributed by atoms with van der Waals surface area (Å²) in [6.45, 7) is 3.34. The minimum absolute atomic E-state index is 0.218. The van der Waals surface area contributed by atoms with Crippen molar-refractivity contribution in [3.8, 4) is 17.2 Å². The van der Waals surface area contributed by atoms with E-state index in [0.717, 1.165) is 17.9 Å². The third-order valence-electron chi connectivity index (χ3n) is 4.66. The first-order chi connectivity index (χ1) is 14.0. The zero-order valence-electron chi connectivity index (χ0n) is 16.7. The summed E-state index contributed by atoms with van der Waals surface area (Å²) in [5.41, 5.74) is 3.90. The Morgan fingerprint density at radius 3 is 2.69 bits per heavy atom. The smallest absolute Gasteiger partial charge is 0.272 e. The van der Waals surface area contributed by atoms with E-state index in [1.54, 1.807) is 24.8 Å². The number of fused-ring (bicyclic) bond motifs is 1. The van der Waals surface area contributed by atoms with Crippen LogP contribution in [0.1, 0.15) is 16.1 Å². The lowest BCUT2D eigenvalue weighted by molar-refractivity contribution is 0.0948. The van der Waals surface area contributed by atoms with Gasteiger partial charge in [-0.2, -0.15) is 5.10 Å². The molecule has 0 unspecified atom stereocenters. The molecule has 3 aromatic heterocycles. The van der Waals surface area contributed by atoms with Gasteiger partial charge in [-0.15, -0.1) is 0 Å². The number of rotatable bonds is 6. The number of carbonyl (C=O) groups excluding carboxylic acids is 1. The summed E-state index contributed by atoms with van der Waals surface area (Å²) in [6, 6.07) is 9.99. The maximum atomic E-state index is 12.8. The Hall–Kier alpha value is -3.52. The van der Waals surface area contributed by atoms with Crippen LogP contribution in [0.15, 0.2) is 55.1 Å². The van der Waals surface area contributed by atoms with Crippen LogP contribution in [0.3, 0.4) is 0 Å². The number of likely N-dealkylation sites (N-methyl/N-ethyl adjacent to an activating group) is 1. The normalized spacial score (nSPS) is 11.3. The molecular formula is C21H23N7O. The van der Waals surface area contributed by atoms with Crippen LogP contribution >= 0.6 is 0 Å².